The lowest BCUT2D eigenvalue weighted by atomic mass is 10.0. The van der Waals surface area contributed by atoms with Crippen molar-refractivity contribution in [1.29, 1.82) is 0 Å². The second kappa shape index (κ2) is 15.8. The topological polar surface area (TPSA) is 30.2 Å². The number of carbonyl (C=O) groups excluding carboxylic acids is 1. The number of rotatable bonds is 16. The smallest absolute Gasteiger partial charge is 0.338 e. The molecule has 0 amide bonds. The first-order valence-corrected chi connectivity index (χ1v) is 10.9. The van der Waals surface area contributed by atoms with Gasteiger partial charge < -0.3 is 4.74 Å². The van der Waals surface area contributed by atoms with Crippen molar-refractivity contribution in [2.45, 2.75) is 96.8 Å². The van der Waals surface area contributed by atoms with Gasteiger partial charge in [-0.25, -0.2) is 9.36 Å². The Balaban J connectivity index is 1.82. The van der Waals surface area contributed by atoms with Crippen LogP contribution in [0.3, 0.4) is 0 Å². The number of esters is 1. The van der Waals surface area contributed by atoms with Crippen LogP contribution < -0.4 is 4.57 Å². The number of aryl methyl sites for hydroxylation is 1. The molecule has 0 aromatic carbocycles. The molecule has 3 heteroatoms. The van der Waals surface area contributed by atoms with Gasteiger partial charge in [-0.3, -0.25) is 0 Å². The zero-order chi connectivity index (χ0) is 18.9. The number of nitrogens with zero attached hydrogens (tertiary/aromatic N) is 1. The van der Waals surface area contributed by atoms with E-state index in [2.05, 4.69) is 6.92 Å². The normalized spacial score (nSPS) is 10.8. The molecular weight excluding hydrogens is 322 g/mol. The molecule has 0 unspecified atom stereocenters. The molecule has 1 rings (SSSR count). The molecule has 0 saturated heterocycles. The van der Waals surface area contributed by atoms with Crippen molar-refractivity contribution in [3.8, 4) is 0 Å². The fraction of sp³-hybridized carbons (Fsp3) is 0.739. The van der Waals surface area contributed by atoms with Gasteiger partial charge in [0.25, 0.3) is 0 Å². The van der Waals surface area contributed by atoms with Crippen LogP contribution in [-0.4, -0.2) is 12.6 Å². The molecule has 0 atom stereocenters. The lowest BCUT2D eigenvalue weighted by Crippen LogP contribution is -2.26. The number of hydrogen-bond donors (Lipinski definition) is 0. The Hall–Kier alpha value is -1.38. The summed E-state index contributed by atoms with van der Waals surface area (Å²) >= 11 is 0. The summed E-state index contributed by atoms with van der Waals surface area (Å²) in [4.78, 5) is 11.9. The van der Waals surface area contributed by atoms with Gasteiger partial charge in [0.1, 0.15) is 7.05 Å². The van der Waals surface area contributed by atoms with Gasteiger partial charge in [0.15, 0.2) is 12.4 Å². The Morgan fingerprint density at radius 1 is 0.769 bits per heavy atom. The molecule has 148 valence electrons. The van der Waals surface area contributed by atoms with E-state index in [1.807, 2.05) is 24.0 Å². The van der Waals surface area contributed by atoms with E-state index in [4.69, 9.17) is 4.74 Å². The van der Waals surface area contributed by atoms with Gasteiger partial charge in [-0.2, -0.15) is 0 Å². The summed E-state index contributed by atoms with van der Waals surface area (Å²) in [6, 6.07) is 3.60. The Labute approximate surface area is 161 Å². The zero-order valence-corrected chi connectivity index (χ0v) is 17.2. The van der Waals surface area contributed by atoms with E-state index in [-0.39, 0.29) is 5.97 Å². The summed E-state index contributed by atoms with van der Waals surface area (Å²) in [6.07, 6.45) is 22.5. The van der Waals surface area contributed by atoms with E-state index in [1.54, 1.807) is 12.1 Å². The standard InChI is InChI=1S/C23H40NO2/c1-3-4-5-6-7-8-9-10-11-12-13-14-15-16-21-26-23(25)22-17-19-24(2)20-18-22/h17-20H,3-16,21H2,1-2H3/q+1. The predicted octanol–water partition coefficient (Wildman–Crippen LogP) is 6.15. The van der Waals surface area contributed by atoms with Gasteiger partial charge in [0, 0.05) is 12.1 Å². The monoisotopic (exact) mass is 362 g/mol. The highest BCUT2D eigenvalue weighted by Gasteiger charge is 2.07. The van der Waals surface area contributed by atoms with Crippen molar-refractivity contribution in [2.24, 2.45) is 7.05 Å². The average molecular weight is 363 g/mol. The lowest BCUT2D eigenvalue weighted by molar-refractivity contribution is -0.671. The molecule has 1 aromatic rings. The second-order valence-electron chi connectivity index (χ2n) is 7.48. The summed E-state index contributed by atoms with van der Waals surface area (Å²) in [5.41, 5.74) is 0.633. The highest BCUT2D eigenvalue weighted by atomic mass is 16.5. The van der Waals surface area contributed by atoms with Crippen LogP contribution in [0.1, 0.15) is 107 Å². The Morgan fingerprint density at radius 2 is 1.19 bits per heavy atom. The summed E-state index contributed by atoms with van der Waals surface area (Å²) in [6.45, 7) is 2.81. The molecule has 1 heterocycles. The molecule has 0 spiro atoms. The highest BCUT2D eigenvalue weighted by molar-refractivity contribution is 5.88. The third kappa shape index (κ3) is 12.1. The predicted molar refractivity (Wildman–Crippen MR) is 108 cm³/mol. The fourth-order valence-electron chi connectivity index (χ4n) is 3.18. The maximum absolute atomic E-state index is 11.9. The minimum Gasteiger partial charge on any atom is -0.462 e. The van der Waals surface area contributed by atoms with Crippen LogP contribution in [0.5, 0.6) is 0 Å². The van der Waals surface area contributed by atoms with Gasteiger partial charge in [-0.15, -0.1) is 0 Å². The quantitative estimate of drug-likeness (QED) is 0.200. The van der Waals surface area contributed by atoms with E-state index in [0.717, 1.165) is 12.8 Å². The first-order chi connectivity index (χ1) is 12.7. The molecule has 0 fully saturated rings. The molecule has 0 radical (unpaired) electrons. The van der Waals surface area contributed by atoms with Crippen molar-refractivity contribution >= 4 is 5.97 Å². The van der Waals surface area contributed by atoms with Crippen LogP contribution in [-0.2, 0) is 11.8 Å². The van der Waals surface area contributed by atoms with Crippen molar-refractivity contribution in [3.63, 3.8) is 0 Å². The number of pyridine rings is 1. The number of aromatic nitrogens is 1. The maximum atomic E-state index is 11.9. The molecule has 0 aliphatic heterocycles. The molecule has 0 aliphatic carbocycles. The average Bonchev–Trinajstić information content (AvgIpc) is 2.65. The van der Waals surface area contributed by atoms with Crippen molar-refractivity contribution in [2.75, 3.05) is 6.61 Å². The van der Waals surface area contributed by atoms with Crippen molar-refractivity contribution in [3.05, 3.63) is 30.1 Å². The summed E-state index contributed by atoms with van der Waals surface area (Å²) in [5.74, 6) is -0.208. The Kier molecular flexibility index (Phi) is 13.8. The molecule has 0 aliphatic rings. The number of unbranched alkanes of at least 4 members (excludes halogenated alkanes) is 13. The Bertz CT molecular complexity index is 456. The van der Waals surface area contributed by atoms with Gasteiger partial charge in [0.2, 0.25) is 0 Å². The minimum atomic E-state index is -0.208. The van der Waals surface area contributed by atoms with Gasteiger partial charge in [-0.05, 0) is 6.42 Å². The van der Waals surface area contributed by atoms with Crippen LogP contribution in [0.4, 0.5) is 0 Å². The maximum Gasteiger partial charge on any atom is 0.338 e. The van der Waals surface area contributed by atoms with Crippen molar-refractivity contribution in [1.82, 2.24) is 0 Å². The molecule has 3 nitrogen and oxygen atoms in total. The molecule has 0 bridgehead atoms. The molecule has 0 saturated carbocycles. The lowest BCUT2D eigenvalue weighted by Gasteiger charge is -2.05. The molecule has 26 heavy (non-hydrogen) atoms. The molecular formula is C23H40NO2+. The number of carbonyl (C=O) groups is 1. The van der Waals surface area contributed by atoms with E-state index >= 15 is 0 Å². The molecule has 0 N–H and O–H groups in total. The first kappa shape index (κ1) is 22.7. The van der Waals surface area contributed by atoms with E-state index in [0.29, 0.717) is 12.2 Å². The zero-order valence-electron chi connectivity index (χ0n) is 17.2. The SMILES string of the molecule is CCCCCCCCCCCCCCCCOC(=O)c1cc[n+](C)cc1. The van der Waals surface area contributed by atoms with Crippen LogP contribution in [0, 0.1) is 0 Å². The third-order valence-electron chi connectivity index (χ3n) is 4.95. The van der Waals surface area contributed by atoms with Gasteiger partial charge in [0.05, 0.1) is 12.2 Å². The van der Waals surface area contributed by atoms with Crippen LogP contribution in [0.25, 0.3) is 0 Å². The largest absolute Gasteiger partial charge is 0.462 e. The highest BCUT2D eigenvalue weighted by Crippen LogP contribution is 2.13. The number of ether oxygens (including phenoxy) is 1. The molecule has 1 aromatic heterocycles. The summed E-state index contributed by atoms with van der Waals surface area (Å²) < 4.78 is 7.23. The fourth-order valence-corrected chi connectivity index (χ4v) is 3.18. The third-order valence-corrected chi connectivity index (χ3v) is 4.95. The van der Waals surface area contributed by atoms with Crippen LogP contribution >= 0.6 is 0 Å². The summed E-state index contributed by atoms with van der Waals surface area (Å²) in [5, 5.41) is 0. The first-order valence-electron chi connectivity index (χ1n) is 10.9. The number of hydrogen-bond acceptors (Lipinski definition) is 2. The van der Waals surface area contributed by atoms with Gasteiger partial charge >= 0.3 is 5.97 Å². The van der Waals surface area contributed by atoms with E-state index in [9.17, 15) is 4.79 Å². The van der Waals surface area contributed by atoms with E-state index < -0.39 is 0 Å². The van der Waals surface area contributed by atoms with Crippen molar-refractivity contribution < 1.29 is 14.1 Å². The van der Waals surface area contributed by atoms with E-state index in [1.165, 1.54) is 77.0 Å². The second-order valence-corrected chi connectivity index (χ2v) is 7.48. The minimum absolute atomic E-state index is 0.208. The van der Waals surface area contributed by atoms with Crippen LogP contribution in [0.15, 0.2) is 24.5 Å². The van der Waals surface area contributed by atoms with Crippen LogP contribution in [0.2, 0.25) is 0 Å². The van der Waals surface area contributed by atoms with Gasteiger partial charge in [-0.1, -0.05) is 90.4 Å². The summed E-state index contributed by atoms with van der Waals surface area (Å²) in [7, 11) is 1.93. The Morgan fingerprint density at radius 3 is 1.65 bits per heavy atom.